The van der Waals surface area contributed by atoms with Crippen LogP contribution in [0.3, 0.4) is 0 Å². The van der Waals surface area contributed by atoms with Crippen molar-refractivity contribution >= 4 is 16.7 Å². The van der Waals surface area contributed by atoms with E-state index in [2.05, 4.69) is 20.6 Å². The molecule has 33 heavy (non-hydrogen) atoms. The lowest BCUT2D eigenvalue weighted by Gasteiger charge is -2.33. The number of hydrogen-bond acceptors (Lipinski definition) is 5. The Kier molecular flexibility index (Phi) is 4.95. The van der Waals surface area contributed by atoms with Crippen LogP contribution in [0, 0.1) is 6.92 Å². The molecule has 3 heterocycles. The first kappa shape index (κ1) is 21.2. The van der Waals surface area contributed by atoms with Gasteiger partial charge in [-0.1, -0.05) is 6.07 Å². The summed E-state index contributed by atoms with van der Waals surface area (Å²) in [4.78, 5) is 0. The second kappa shape index (κ2) is 7.72. The van der Waals surface area contributed by atoms with E-state index in [0.29, 0.717) is 28.6 Å². The number of methoxy groups -OCH3 is 2. The molecule has 2 aromatic carbocycles. The summed E-state index contributed by atoms with van der Waals surface area (Å²) in [5.74, 6) is 1.29. The number of H-pyrrole nitrogens is 1. The topological polar surface area (TPSA) is 77.0 Å². The zero-order valence-electron chi connectivity index (χ0n) is 18.2. The van der Waals surface area contributed by atoms with Crippen molar-refractivity contribution in [1.29, 1.82) is 0 Å². The van der Waals surface area contributed by atoms with Crippen molar-refractivity contribution < 1.29 is 22.6 Å². The molecule has 4 aromatic rings. The number of aromatic nitrogens is 4. The third-order valence-electron chi connectivity index (χ3n) is 6.06. The number of halogens is 3. The number of aromatic amines is 1. The number of hydrogen-bond donors (Lipinski definition) is 2. The molecule has 172 valence electrons. The van der Waals surface area contributed by atoms with Crippen molar-refractivity contribution in [3.8, 4) is 22.8 Å². The summed E-state index contributed by atoms with van der Waals surface area (Å²) in [5, 5.41) is 15.4. The van der Waals surface area contributed by atoms with Crippen LogP contribution in [0.4, 0.5) is 19.0 Å². The molecule has 0 amide bonds. The van der Waals surface area contributed by atoms with E-state index in [0.717, 1.165) is 26.7 Å². The van der Waals surface area contributed by atoms with Gasteiger partial charge in [-0.2, -0.15) is 23.4 Å². The van der Waals surface area contributed by atoms with Crippen LogP contribution in [-0.4, -0.2) is 40.4 Å². The highest BCUT2D eigenvalue weighted by Crippen LogP contribution is 2.45. The van der Waals surface area contributed by atoms with Gasteiger partial charge in [0, 0.05) is 23.4 Å². The molecular formula is C23H22F3N5O2. The Hall–Kier alpha value is -3.69. The van der Waals surface area contributed by atoms with Crippen LogP contribution in [0.5, 0.6) is 11.5 Å². The fourth-order valence-corrected chi connectivity index (χ4v) is 4.37. The van der Waals surface area contributed by atoms with E-state index in [1.165, 1.54) is 14.2 Å². The SMILES string of the molecule is COc1ccc([C@@H]2C[C@H](C(F)(F)F)n3nc(-c4cc5cn[nH]c5cc4C)cc3N2)cc1OC. The van der Waals surface area contributed by atoms with E-state index in [9.17, 15) is 13.2 Å². The van der Waals surface area contributed by atoms with E-state index in [1.807, 2.05) is 19.1 Å². The molecule has 5 rings (SSSR count). The van der Waals surface area contributed by atoms with Gasteiger partial charge >= 0.3 is 6.18 Å². The van der Waals surface area contributed by atoms with E-state index in [4.69, 9.17) is 9.47 Å². The number of ether oxygens (including phenoxy) is 2. The minimum Gasteiger partial charge on any atom is -0.493 e. The Balaban J connectivity index is 1.57. The number of benzene rings is 2. The fourth-order valence-electron chi connectivity index (χ4n) is 4.37. The Morgan fingerprint density at radius 2 is 1.85 bits per heavy atom. The smallest absolute Gasteiger partial charge is 0.410 e. The molecule has 2 N–H and O–H groups in total. The van der Waals surface area contributed by atoms with Crippen molar-refractivity contribution in [2.45, 2.75) is 31.6 Å². The first-order valence-electron chi connectivity index (χ1n) is 10.4. The van der Waals surface area contributed by atoms with Crippen molar-refractivity contribution in [1.82, 2.24) is 20.0 Å². The molecule has 10 heteroatoms. The summed E-state index contributed by atoms with van der Waals surface area (Å²) >= 11 is 0. The molecular weight excluding hydrogens is 435 g/mol. The number of nitrogens with zero attached hydrogens (tertiary/aromatic N) is 3. The lowest BCUT2D eigenvalue weighted by Crippen LogP contribution is -2.35. The summed E-state index contributed by atoms with van der Waals surface area (Å²) < 4.78 is 53.9. The molecule has 2 aromatic heterocycles. The molecule has 7 nitrogen and oxygen atoms in total. The Morgan fingerprint density at radius 3 is 2.58 bits per heavy atom. The Morgan fingerprint density at radius 1 is 1.06 bits per heavy atom. The molecule has 0 saturated heterocycles. The molecule has 0 fully saturated rings. The molecule has 2 atom stereocenters. The van der Waals surface area contributed by atoms with Crippen molar-refractivity contribution in [2.75, 3.05) is 19.5 Å². The van der Waals surface area contributed by atoms with Crippen LogP contribution in [0.2, 0.25) is 0 Å². The van der Waals surface area contributed by atoms with Crippen LogP contribution < -0.4 is 14.8 Å². The average Bonchev–Trinajstić information content (AvgIpc) is 3.42. The van der Waals surface area contributed by atoms with Crippen LogP contribution in [-0.2, 0) is 0 Å². The summed E-state index contributed by atoms with van der Waals surface area (Å²) in [6, 6.07) is 8.27. The number of anilines is 1. The second-order valence-corrected chi connectivity index (χ2v) is 8.09. The van der Waals surface area contributed by atoms with Gasteiger partial charge in [0.2, 0.25) is 0 Å². The van der Waals surface area contributed by atoms with Gasteiger partial charge in [0.1, 0.15) is 5.82 Å². The molecule has 0 radical (unpaired) electrons. The number of rotatable bonds is 4. The predicted octanol–water partition coefficient (Wildman–Crippen LogP) is 5.41. The van der Waals surface area contributed by atoms with Gasteiger partial charge in [-0.15, -0.1) is 0 Å². The molecule has 0 unspecified atom stereocenters. The Labute approximate surface area is 187 Å². The summed E-state index contributed by atoms with van der Waals surface area (Å²) in [6.45, 7) is 1.90. The zero-order valence-corrected chi connectivity index (χ0v) is 18.2. The predicted molar refractivity (Wildman–Crippen MR) is 118 cm³/mol. The highest BCUT2D eigenvalue weighted by atomic mass is 19.4. The van der Waals surface area contributed by atoms with Crippen LogP contribution in [0.15, 0.2) is 42.6 Å². The normalized spacial score (nSPS) is 18.1. The minimum atomic E-state index is -4.46. The van der Waals surface area contributed by atoms with Gasteiger partial charge in [-0.05, 0) is 42.3 Å². The lowest BCUT2D eigenvalue weighted by atomic mass is 9.96. The van der Waals surface area contributed by atoms with Crippen molar-refractivity contribution in [2.24, 2.45) is 0 Å². The fraction of sp³-hybridized carbons (Fsp3) is 0.304. The molecule has 0 spiro atoms. The van der Waals surface area contributed by atoms with E-state index in [-0.39, 0.29) is 6.42 Å². The molecule has 0 saturated carbocycles. The highest BCUT2D eigenvalue weighted by molar-refractivity contribution is 5.85. The maximum Gasteiger partial charge on any atom is 0.410 e. The van der Waals surface area contributed by atoms with Crippen LogP contribution in [0.25, 0.3) is 22.2 Å². The van der Waals surface area contributed by atoms with Gasteiger partial charge in [0.05, 0.1) is 37.7 Å². The monoisotopic (exact) mass is 457 g/mol. The number of fused-ring (bicyclic) bond motifs is 2. The first-order valence-corrected chi connectivity index (χ1v) is 10.4. The lowest BCUT2D eigenvalue weighted by molar-refractivity contribution is -0.173. The highest BCUT2D eigenvalue weighted by Gasteiger charge is 2.46. The molecule has 0 aliphatic carbocycles. The Bertz CT molecular complexity index is 1330. The van der Waals surface area contributed by atoms with Crippen LogP contribution >= 0.6 is 0 Å². The molecule has 0 bridgehead atoms. The molecule has 1 aliphatic rings. The zero-order chi connectivity index (χ0) is 23.3. The molecule has 1 aliphatic heterocycles. The van der Waals surface area contributed by atoms with Crippen LogP contribution in [0.1, 0.15) is 29.6 Å². The second-order valence-electron chi connectivity index (χ2n) is 8.09. The van der Waals surface area contributed by atoms with Crippen molar-refractivity contribution in [3.63, 3.8) is 0 Å². The van der Waals surface area contributed by atoms with E-state index < -0.39 is 18.3 Å². The van der Waals surface area contributed by atoms with Gasteiger partial charge in [-0.3, -0.25) is 5.10 Å². The van der Waals surface area contributed by atoms with Gasteiger partial charge in [-0.25, -0.2) is 4.68 Å². The minimum absolute atomic E-state index is 0.202. The summed E-state index contributed by atoms with van der Waals surface area (Å²) in [5.41, 5.74) is 3.66. The number of aryl methyl sites for hydroxylation is 1. The van der Waals surface area contributed by atoms with Gasteiger partial charge in [0.25, 0.3) is 0 Å². The third-order valence-corrected chi connectivity index (χ3v) is 6.06. The maximum atomic E-state index is 14.1. The third kappa shape index (κ3) is 3.65. The van der Waals surface area contributed by atoms with Gasteiger partial charge in [0.15, 0.2) is 17.5 Å². The number of nitrogens with one attached hydrogen (secondary N) is 2. The van der Waals surface area contributed by atoms with Gasteiger partial charge < -0.3 is 14.8 Å². The quantitative estimate of drug-likeness (QED) is 0.428. The van der Waals surface area contributed by atoms with E-state index in [1.54, 1.807) is 30.5 Å². The first-order chi connectivity index (χ1) is 15.8. The van der Waals surface area contributed by atoms with Crippen molar-refractivity contribution in [3.05, 3.63) is 53.7 Å². The summed E-state index contributed by atoms with van der Waals surface area (Å²) in [7, 11) is 3.01. The average molecular weight is 457 g/mol. The summed E-state index contributed by atoms with van der Waals surface area (Å²) in [6.07, 6.45) is -2.98. The van der Waals surface area contributed by atoms with E-state index >= 15 is 0 Å². The number of alkyl halides is 3. The standard InChI is InChI=1S/C23H22F3N5O2/c1-12-6-17-14(11-27-29-17)7-15(12)18-10-22-28-16(9-21(23(24,25)26)31(22)30-18)13-4-5-19(32-2)20(8-13)33-3/h4-8,10-11,16,21,28H,9H2,1-3H3,(H,27,29)/t16-,21+/m0/s1. The maximum absolute atomic E-state index is 14.1. The largest absolute Gasteiger partial charge is 0.493 e.